The van der Waals surface area contributed by atoms with Gasteiger partial charge < -0.3 is 0 Å². The maximum absolute atomic E-state index is 3.52. The lowest BCUT2D eigenvalue weighted by atomic mass is 9.71. The SMILES string of the molecule is CC1=C(/C=C/C(C)=C/C=C/C(C)=C/CC/C=C(\C)CC#CC(C)CCC2=C(C)CCCC2(C)C)C(C)(C)CCC1. The summed E-state index contributed by atoms with van der Waals surface area (Å²) in [5.74, 6) is 7.45. The molecule has 0 amide bonds. The van der Waals surface area contributed by atoms with Crippen LogP contribution in [0.2, 0.25) is 0 Å². The molecule has 0 saturated carbocycles. The van der Waals surface area contributed by atoms with Gasteiger partial charge in [0.25, 0.3) is 0 Å². The van der Waals surface area contributed by atoms with E-state index in [2.05, 4.69) is 124 Å². The van der Waals surface area contributed by atoms with Crippen molar-refractivity contribution < 1.29 is 0 Å². The van der Waals surface area contributed by atoms with Crippen LogP contribution in [0.3, 0.4) is 0 Å². The molecule has 0 fully saturated rings. The third-order valence-corrected chi connectivity index (χ3v) is 9.13. The average Bonchev–Trinajstić information content (AvgIpc) is 2.85. The van der Waals surface area contributed by atoms with E-state index in [1.54, 1.807) is 16.7 Å². The van der Waals surface area contributed by atoms with Gasteiger partial charge in [-0.2, -0.15) is 0 Å². The molecule has 0 N–H and O–H groups in total. The van der Waals surface area contributed by atoms with Crippen LogP contribution in [0, 0.1) is 28.6 Å². The summed E-state index contributed by atoms with van der Waals surface area (Å²) in [5.41, 5.74) is 11.1. The molecule has 0 aliphatic heterocycles. The van der Waals surface area contributed by atoms with Gasteiger partial charge in [0.15, 0.2) is 0 Å². The fourth-order valence-corrected chi connectivity index (χ4v) is 6.44. The zero-order valence-corrected chi connectivity index (χ0v) is 27.9. The Labute approximate surface area is 249 Å². The smallest absolute Gasteiger partial charge is 0.0296 e. The molecule has 40 heavy (non-hydrogen) atoms. The van der Waals surface area contributed by atoms with Gasteiger partial charge in [-0.25, -0.2) is 0 Å². The molecule has 0 nitrogen and oxygen atoms in total. The van der Waals surface area contributed by atoms with Crippen molar-refractivity contribution in [2.45, 2.75) is 140 Å². The maximum Gasteiger partial charge on any atom is 0.0296 e. The molecule has 2 aliphatic carbocycles. The lowest BCUT2D eigenvalue weighted by Gasteiger charge is -2.35. The topological polar surface area (TPSA) is 0 Å². The Bertz CT molecular complexity index is 1120. The van der Waals surface area contributed by atoms with Gasteiger partial charge in [-0.1, -0.05) is 122 Å². The Kier molecular flexibility index (Phi) is 13.8. The van der Waals surface area contributed by atoms with Crippen molar-refractivity contribution in [1.82, 2.24) is 0 Å². The number of unbranched alkanes of at least 4 members (excludes halogenated alkanes) is 1. The molecule has 2 rings (SSSR count). The standard InChI is InChI=1S/C40H60/c1-31(19-13-21-33(3)25-27-37-35(5)23-15-29-39(37,7)8)17-11-12-18-32(2)20-14-22-34(4)26-28-38-36(6)24-16-30-40(38,9)10/h13,17-19,21,25,27,34H,11-12,15-16,20,23-24,26,28-30H2,1-10H3/b19-13+,27-25+,31-17+,32-18+,33-21+. The van der Waals surface area contributed by atoms with E-state index in [0.29, 0.717) is 16.7 Å². The van der Waals surface area contributed by atoms with Crippen molar-refractivity contribution in [3.8, 4) is 11.8 Å². The highest BCUT2D eigenvalue weighted by Gasteiger charge is 2.28. The normalized spacial score (nSPS) is 21.3. The van der Waals surface area contributed by atoms with Crippen LogP contribution in [0.5, 0.6) is 0 Å². The monoisotopic (exact) mass is 540 g/mol. The summed E-state index contributed by atoms with van der Waals surface area (Å²) in [4.78, 5) is 0. The van der Waals surface area contributed by atoms with Crippen LogP contribution in [0.25, 0.3) is 0 Å². The lowest BCUT2D eigenvalue weighted by Crippen LogP contribution is -2.20. The van der Waals surface area contributed by atoms with Crippen LogP contribution in [-0.2, 0) is 0 Å². The van der Waals surface area contributed by atoms with Gasteiger partial charge in [-0.15, -0.1) is 0 Å². The molecule has 0 saturated heterocycles. The molecular weight excluding hydrogens is 480 g/mol. The summed E-state index contributed by atoms with van der Waals surface area (Å²) in [6, 6.07) is 0. The van der Waals surface area contributed by atoms with Crippen LogP contribution < -0.4 is 0 Å². The summed E-state index contributed by atoms with van der Waals surface area (Å²) in [7, 11) is 0. The first kappa shape index (κ1) is 33.9. The Balaban J connectivity index is 1.75. The fraction of sp³-hybridized carbons (Fsp3) is 0.600. The summed E-state index contributed by atoms with van der Waals surface area (Å²) < 4.78 is 0. The van der Waals surface area contributed by atoms with E-state index >= 15 is 0 Å². The predicted molar refractivity (Wildman–Crippen MR) is 180 cm³/mol. The van der Waals surface area contributed by atoms with E-state index < -0.39 is 0 Å². The van der Waals surface area contributed by atoms with E-state index in [1.807, 2.05) is 0 Å². The number of hydrogen-bond acceptors (Lipinski definition) is 0. The molecular formula is C40H60. The van der Waals surface area contributed by atoms with Gasteiger partial charge >= 0.3 is 0 Å². The third-order valence-electron chi connectivity index (χ3n) is 9.13. The van der Waals surface area contributed by atoms with E-state index in [1.165, 1.54) is 73.7 Å². The summed E-state index contributed by atoms with van der Waals surface area (Å²) in [5, 5.41) is 0. The van der Waals surface area contributed by atoms with E-state index in [0.717, 1.165) is 19.3 Å². The molecule has 0 bridgehead atoms. The van der Waals surface area contributed by atoms with Crippen LogP contribution in [0.15, 0.2) is 81.5 Å². The van der Waals surface area contributed by atoms with E-state index in [-0.39, 0.29) is 0 Å². The van der Waals surface area contributed by atoms with Crippen molar-refractivity contribution in [3.05, 3.63) is 81.5 Å². The minimum absolute atomic E-state index is 0.301. The molecule has 0 radical (unpaired) electrons. The second-order valence-corrected chi connectivity index (χ2v) is 14.0. The predicted octanol–water partition coefficient (Wildman–Crippen LogP) is 12.6. The Morgan fingerprint density at radius 1 is 0.850 bits per heavy atom. The van der Waals surface area contributed by atoms with E-state index in [4.69, 9.17) is 0 Å². The second-order valence-electron chi connectivity index (χ2n) is 14.0. The average molecular weight is 541 g/mol. The van der Waals surface area contributed by atoms with Crippen molar-refractivity contribution in [2.75, 3.05) is 0 Å². The minimum Gasteiger partial charge on any atom is -0.0999 e. The molecule has 1 atom stereocenters. The molecule has 0 heterocycles. The minimum atomic E-state index is 0.301. The lowest BCUT2D eigenvalue weighted by molar-refractivity contribution is 0.349. The highest BCUT2D eigenvalue weighted by molar-refractivity contribution is 5.37. The molecule has 1 unspecified atom stereocenters. The Hall–Kier alpha value is -2.26. The quantitative estimate of drug-likeness (QED) is 0.106. The first-order chi connectivity index (χ1) is 18.8. The van der Waals surface area contributed by atoms with Crippen molar-refractivity contribution in [1.29, 1.82) is 0 Å². The summed E-state index contributed by atoms with van der Waals surface area (Å²) in [6.07, 6.45) is 29.2. The van der Waals surface area contributed by atoms with Gasteiger partial charge in [0.05, 0.1) is 0 Å². The molecule has 0 aromatic rings. The Morgan fingerprint density at radius 2 is 1.50 bits per heavy atom. The van der Waals surface area contributed by atoms with Gasteiger partial charge in [-0.05, 0) is 115 Å². The van der Waals surface area contributed by atoms with Crippen molar-refractivity contribution in [3.63, 3.8) is 0 Å². The maximum atomic E-state index is 3.52. The van der Waals surface area contributed by atoms with Crippen molar-refractivity contribution >= 4 is 0 Å². The highest BCUT2D eigenvalue weighted by Crippen LogP contribution is 2.43. The third kappa shape index (κ3) is 11.7. The van der Waals surface area contributed by atoms with Crippen LogP contribution in [0.4, 0.5) is 0 Å². The zero-order valence-electron chi connectivity index (χ0n) is 27.9. The summed E-state index contributed by atoms with van der Waals surface area (Å²) >= 11 is 0. The molecule has 0 aromatic heterocycles. The summed E-state index contributed by atoms with van der Waals surface area (Å²) in [6.45, 7) is 23.2. The first-order valence-corrected chi connectivity index (χ1v) is 16.0. The first-order valence-electron chi connectivity index (χ1n) is 16.0. The molecule has 2 aliphatic rings. The van der Waals surface area contributed by atoms with Crippen LogP contribution >= 0.6 is 0 Å². The largest absolute Gasteiger partial charge is 0.0999 e. The van der Waals surface area contributed by atoms with Crippen molar-refractivity contribution in [2.24, 2.45) is 16.7 Å². The molecule has 0 heteroatoms. The van der Waals surface area contributed by atoms with E-state index in [9.17, 15) is 0 Å². The zero-order chi connectivity index (χ0) is 29.8. The fourth-order valence-electron chi connectivity index (χ4n) is 6.44. The molecule has 0 aromatic carbocycles. The van der Waals surface area contributed by atoms with Gasteiger partial charge in [0.1, 0.15) is 0 Å². The molecule has 0 spiro atoms. The molecule has 220 valence electrons. The number of allylic oxidation sites excluding steroid dienone is 14. The van der Waals surface area contributed by atoms with Gasteiger partial charge in [0, 0.05) is 12.3 Å². The number of rotatable bonds is 11. The highest BCUT2D eigenvalue weighted by atomic mass is 14.3. The number of hydrogen-bond donors (Lipinski definition) is 0. The van der Waals surface area contributed by atoms with Crippen LogP contribution in [-0.4, -0.2) is 0 Å². The van der Waals surface area contributed by atoms with Crippen LogP contribution in [0.1, 0.15) is 140 Å². The second kappa shape index (κ2) is 16.2. The van der Waals surface area contributed by atoms with Gasteiger partial charge in [0.2, 0.25) is 0 Å². The Morgan fingerprint density at radius 3 is 2.17 bits per heavy atom. The van der Waals surface area contributed by atoms with Gasteiger partial charge in [-0.3, -0.25) is 0 Å².